The van der Waals surface area contributed by atoms with Crippen LogP contribution in [0.4, 0.5) is 9.52 Å². The van der Waals surface area contributed by atoms with Gasteiger partial charge in [0.25, 0.3) is 0 Å². The van der Waals surface area contributed by atoms with E-state index in [4.69, 9.17) is 4.98 Å². The number of carbonyl (C=O) groups excluding carboxylic acids is 1. The van der Waals surface area contributed by atoms with Crippen LogP contribution in [-0.4, -0.2) is 23.9 Å². The minimum atomic E-state index is -0.308. The van der Waals surface area contributed by atoms with Crippen molar-refractivity contribution in [3.05, 3.63) is 59.9 Å². The number of rotatable bonds is 3. The Labute approximate surface area is 143 Å². The highest BCUT2D eigenvalue weighted by atomic mass is 32.1. The Morgan fingerprint density at radius 1 is 1.08 bits per heavy atom. The van der Waals surface area contributed by atoms with Crippen LogP contribution >= 0.6 is 11.3 Å². The highest BCUT2D eigenvalue weighted by Crippen LogP contribution is 2.32. The van der Waals surface area contributed by atoms with Crippen molar-refractivity contribution in [3.63, 3.8) is 0 Å². The van der Waals surface area contributed by atoms with Gasteiger partial charge in [-0.3, -0.25) is 4.79 Å². The Morgan fingerprint density at radius 2 is 1.79 bits per heavy atom. The number of carbonyl (C=O) groups is 1. The zero-order chi connectivity index (χ0) is 16.5. The molecule has 24 heavy (non-hydrogen) atoms. The lowest BCUT2D eigenvalue weighted by atomic mass is 9.89. The molecule has 0 spiro atoms. The number of fused-ring (bicyclic) bond motifs is 1. The Kier molecular flexibility index (Phi) is 4.02. The van der Waals surface area contributed by atoms with E-state index in [2.05, 4.69) is 11.0 Å². The van der Waals surface area contributed by atoms with Gasteiger partial charge in [-0.15, -0.1) is 0 Å². The topological polar surface area (TPSA) is 33.2 Å². The van der Waals surface area contributed by atoms with E-state index in [0.717, 1.165) is 36.6 Å². The van der Waals surface area contributed by atoms with Crippen LogP contribution in [0.25, 0.3) is 10.2 Å². The first kappa shape index (κ1) is 15.3. The second-order valence-electron chi connectivity index (χ2n) is 6.10. The van der Waals surface area contributed by atoms with E-state index in [0.29, 0.717) is 5.56 Å². The van der Waals surface area contributed by atoms with Gasteiger partial charge in [-0.05, 0) is 49.2 Å². The zero-order valence-corrected chi connectivity index (χ0v) is 13.9. The van der Waals surface area contributed by atoms with Gasteiger partial charge in [0.2, 0.25) is 0 Å². The van der Waals surface area contributed by atoms with E-state index in [1.165, 1.54) is 16.8 Å². The fraction of sp³-hybridized carbons (Fsp3) is 0.263. The fourth-order valence-corrected chi connectivity index (χ4v) is 4.20. The molecule has 0 N–H and O–H groups in total. The molecular formula is C19H17FN2OS. The molecule has 1 aliphatic heterocycles. The van der Waals surface area contributed by atoms with E-state index in [1.807, 2.05) is 18.2 Å². The van der Waals surface area contributed by atoms with Crippen molar-refractivity contribution in [2.75, 3.05) is 18.0 Å². The summed E-state index contributed by atoms with van der Waals surface area (Å²) in [7, 11) is 0. The molecule has 122 valence electrons. The molecule has 2 aromatic carbocycles. The monoisotopic (exact) mass is 340 g/mol. The second-order valence-corrected chi connectivity index (χ2v) is 7.11. The van der Waals surface area contributed by atoms with Crippen LogP contribution in [0.15, 0.2) is 48.5 Å². The first-order chi connectivity index (χ1) is 11.7. The van der Waals surface area contributed by atoms with Crippen LogP contribution in [0.5, 0.6) is 0 Å². The number of hydrogen-bond donors (Lipinski definition) is 0. The number of hydrogen-bond acceptors (Lipinski definition) is 4. The molecular weight excluding hydrogens is 323 g/mol. The lowest BCUT2D eigenvalue weighted by molar-refractivity contribution is 0.0900. The molecule has 3 aromatic rings. The highest BCUT2D eigenvalue weighted by Gasteiger charge is 2.27. The van der Waals surface area contributed by atoms with E-state index in [-0.39, 0.29) is 17.5 Å². The molecule has 0 aliphatic carbocycles. The van der Waals surface area contributed by atoms with Crippen molar-refractivity contribution in [1.82, 2.24) is 4.98 Å². The molecule has 1 fully saturated rings. The van der Waals surface area contributed by atoms with Crippen molar-refractivity contribution < 1.29 is 9.18 Å². The summed E-state index contributed by atoms with van der Waals surface area (Å²) in [5, 5.41) is 1.03. The summed E-state index contributed by atoms with van der Waals surface area (Å²) in [5.74, 6) is -0.169. The van der Waals surface area contributed by atoms with Crippen LogP contribution in [0.1, 0.15) is 23.2 Å². The average molecular weight is 340 g/mol. The molecule has 1 saturated heterocycles. The normalized spacial score (nSPS) is 15.8. The Morgan fingerprint density at radius 3 is 2.50 bits per heavy atom. The van der Waals surface area contributed by atoms with Crippen molar-refractivity contribution in [3.8, 4) is 0 Å². The summed E-state index contributed by atoms with van der Waals surface area (Å²) in [5.41, 5.74) is 1.64. The Bertz CT molecular complexity index is 833. The lowest BCUT2D eigenvalue weighted by Gasteiger charge is -2.31. The van der Waals surface area contributed by atoms with Gasteiger partial charge in [0.15, 0.2) is 10.9 Å². The molecule has 0 radical (unpaired) electrons. The second kappa shape index (κ2) is 6.32. The fourth-order valence-electron chi connectivity index (χ4n) is 3.18. The quantitative estimate of drug-likeness (QED) is 0.657. The molecule has 0 saturated carbocycles. The first-order valence-corrected chi connectivity index (χ1v) is 8.93. The Hall–Kier alpha value is -2.27. The van der Waals surface area contributed by atoms with Crippen LogP contribution in [0.2, 0.25) is 0 Å². The van der Waals surface area contributed by atoms with Crippen LogP contribution in [0, 0.1) is 11.7 Å². The van der Waals surface area contributed by atoms with E-state index >= 15 is 0 Å². The number of ketones is 1. The smallest absolute Gasteiger partial charge is 0.186 e. The molecule has 0 amide bonds. The number of piperidine rings is 1. The third-order valence-corrected chi connectivity index (χ3v) is 5.64. The van der Waals surface area contributed by atoms with Crippen molar-refractivity contribution >= 4 is 32.5 Å². The van der Waals surface area contributed by atoms with Gasteiger partial charge in [-0.25, -0.2) is 9.37 Å². The number of Topliss-reactive ketones (excluding diaryl/α,β-unsaturated/α-hetero) is 1. The lowest BCUT2D eigenvalue weighted by Crippen LogP contribution is -2.36. The van der Waals surface area contributed by atoms with Gasteiger partial charge in [0.1, 0.15) is 5.82 Å². The molecule has 0 atom stereocenters. The summed E-state index contributed by atoms with van der Waals surface area (Å²) >= 11 is 1.70. The number of aromatic nitrogens is 1. The maximum atomic E-state index is 13.0. The van der Waals surface area contributed by atoms with E-state index < -0.39 is 0 Å². The summed E-state index contributed by atoms with van der Waals surface area (Å²) in [6.45, 7) is 1.66. The number of anilines is 1. The minimum Gasteiger partial charge on any atom is -0.348 e. The Balaban J connectivity index is 1.44. The van der Waals surface area contributed by atoms with Crippen molar-refractivity contribution in [2.45, 2.75) is 12.8 Å². The van der Waals surface area contributed by atoms with Crippen LogP contribution in [-0.2, 0) is 0 Å². The predicted molar refractivity (Wildman–Crippen MR) is 95.3 cm³/mol. The summed E-state index contributed by atoms with van der Waals surface area (Å²) in [6, 6.07) is 14.0. The average Bonchev–Trinajstić information content (AvgIpc) is 3.06. The minimum absolute atomic E-state index is 0.0149. The van der Waals surface area contributed by atoms with Gasteiger partial charge in [0.05, 0.1) is 10.2 Å². The van der Waals surface area contributed by atoms with Gasteiger partial charge < -0.3 is 4.90 Å². The molecule has 5 heteroatoms. The van der Waals surface area contributed by atoms with Crippen molar-refractivity contribution in [1.29, 1.82) is 0 Å². The SMILES string of the molecule is O=C(c1ccc(F)cc1)C1CCN(c2nc3ccccc3s2)CC1. The van der Waals surface area contributed by atoms with E-state index in [1.54, 1.807) is 23.5 Å². The number of benzene rings is 2. The molecule has 1 aliphatic rings. The van der Waals surface area contributed by atoms with Gasteiger partial charge in [-0.1, -0.05) is 23.5 Å². The zero-order valence-electron chi connectivity index (χ0n) is 13.1. The summed E-state index contributed by atoms with van der Waals surface area (Å²) in [6.07, 6.45) is 1.62. The highest BCUT2D eigenvalue weighted by molar-refractivity contribution is 7.22. The third kappa shape index (κ3) is 2.91. The first-order valence-electron chi connectivity index (χ1n) is 8.11. The number of halogens is 1. The summed E-state index contributed by atoms with van der Waals surface area (Å²) < 4.78 is 14.2. The predicted octanol–water partition coefficient (Wildman–Crippen LogP) is 4.53. The molecule has 4 rings (SSSR count). The largest absolute Gasteiger partial charge is 0.348 e. The van der Waals surface area contributed by atoms with Crippen molar-refractivity contribution in [2.24, 2.45) is 5.92 Å². The molecule has 0 unspecified atom stereocenters. The van der Waals surface area contributed by atoms with Gasteiger partial charge >= 0.3 is 0 Å². The summed E-state index contributed by atoms with van der Waals surface area (Å²) in [4.78, 5) is 19.5. The molecule has 3 nitrogen and oxygen atoms in total. The van der Waals surface area contributed by atoms with Gasteiger partial charge in [-0.2, -0.15) is 0 Å². The number of para-hydroxylation sites is 1. The molecule has 2 heterocycles. The maximum absolute atomic E-state index is 13.0. The maximum Gasteiger partial charge on any atom is 0.186 e. The number of nitrogens with zero attached hydrogens (tertiary/aromatic N) is 2. The molecule has 0 bridgehead atoms. The van der Waals surface area contributed by atoms with Crippen LogP contribution < -0.4 is 4.90 Å². The van der Waals surface area contributed by atoms with Gasteiger partial charge in [0, 0.05) is 24.6 Å². The molecule has 1 aromatic heterocycles. The standard InChI is InChI=1S/C19H17FN2OS/c20-15-7-5-13(6-8-15)18(23)14-9-11-22(12-10-14)19-21-16-3-1-2-4-17(16)24-19/h1-8,14H,9-12H2. The van der Waals surface area contributed by atoms with E-state index in [9.17, 15) is 9.18 Å². The third-order valence-electron chi connectivity index (χ3n) is 4.55. The van der Waals surface area contributed by atoms with Crippen LogP contribution in [0.3, 0.4) is 0 Å². The number of thiazole rings is 1.